The SMILES string of the molecule is CCCC(CN)NC(=O)c1cc(Cl)cn1CCC. The normalized spacial score (nSPS) is 12.4. The van der Waals surface area contributed by atoms with Gasteiger partial charge in [-0.1, -0.05) is 31.9 Å². The second-order valence-electron chi connectivity index (χ2n) is 4.43. The van der Waals surface area contributed by atoms with Gasteiger partial charge in [0.25, 0.3) is 5.91 Å². The van der Waals surface area contributed by atoms with Crippen molar-refractivity contribution in [3.8, 4) is 0 Å². The predicted molar refractivity (Wildman–Crippen MR) is 74.9 cm³/mol. The number of rotatable bonds is 7. The summed E-state index contributed by atoms with van der Waals surface area (Å²) in [6.07, 6.45) is 4.64. The molecule has 1 aromatic rings. The van der Waals surface area contributed by atoms with Crippen molar-refractivity contribution < 1.29 is 4.79 Å². The minimum Gasteiger partial charge on any atom is -0.347 e. The molecule has 18 heavy (non-hydrogen) atoms. The van der Waals surface area contributed by atoms with Gasteiger partial charge in [-0.15, -0.1) is 0 Å². The average molecular weight is 272 g/mol. The van der Waals surface area contributed by atoms with E-state index in [1.165, 1.54) is 0 Å². The van der Waals surface area contributed by atoms with E-state index in [0.29, 0.717) is 17.3 Å². The van der Waals surface area contributed by atoms with Gasteiger partial charge in [-0.05, 0) is 18.9 Å². The molecule has 3 N–H and O–H groups in total. The molecule has 0 aromatic carbocycles. The van der Waals surface area contributed by atoms with E-state index >= 15 is 0 Å². The monoisotopic (exact) mass is 271 g/mol. The maximum Gasteiger partial charge on any atom is 0.268 e. The number of carbonyl (C=O) groups is 1. The second-order valence-corrected chi connectivity index (χ2v) is 4.87. The number of nitrogens with zero attached hydrogens (tertiary/aromatic N) is 1. The Morgan fingerprint density at radius 1 is 1.50 bits per heavy atom. The summed E-state index contributed by atoms with van der Waals surface area (Å²) in [4.78, 5) is 12.2. The fourth-order valence-corrected chi connectivity index (χ4v) is 2.17. The zero-order valence-corrected chi connectivity index (χ0v) is 11.8. The molecule has 1 rings (SSSR count). The number of carbonyl (C=O) groups excluding carboxylic acids is 1. The summed E-state index contributed by atoms with van der Waals surface area (Å²) in [7, 11) is 0. The molecule has 1 amide bonds. The van der Waals surface area contributed by atoms with Crippen molar-refractivity contribution in [2.75, 3.05) is 6.54 Å². The van der Waals surface area contributed by atoms with Crippen LogP contribution in [0.15, 0.2) is 12.3 Å². The van der Waals surface area contributed by atoms with E-state index in [2.05, 4.69) is 19.2 Å². The molecule has 1 heterocycles. The van der Waals surface area contributed by atoms with Crippen molar-refractivity contribution in [1.29, 1.82) is 0 Å². The number of hydrogen-bond acceptors (Lipinski definition) is 2. The van der Waals surface area contributed by atoms with Crippen LogP contribution in [0, 0.1) is 0 Å². The third-order valence-corrected chi connectivity index (χ3v) is 3.02. The van der Waals surface area contributed by atoms with Gasteiger partial charge in [0.05, 0.1) is 5.02 Å². The van der Waals surface area contributed by atoms with Crippen LogP contribution in [0.3, 0.4) is 0 Å². The van der Waals surface area contributed by atoms with Crippen LogP contribution in [0.25, 0.3) is 0 Å². The zero-order chi connectivity index (χ0) is 13.5. The second kappa shape index (κ2) is 7.44. The molecule has 0 spiro atoms. The highest BCUT2D eigenvalue weighted by molar-refractivity contribution is 6.31. The van der Waals surface area contributed by atoms with Crippen LogP contribution in [0.2, 0.25) is 5.02 Å². The first-order valence-corrected chi connectivity index (χ1v) is 6.86. The first-order chi connectivity index (χ1) is 8.62. The molecule has 4 nitrogen and oxygen atoms in total. The molecule has 0 saturated carbocycles. The number of nitrogens with one attached hydrogen (secondary N) is 1. The summed E-state index contributed by atoms with van der Waals surface area (Å²) in [5.74, 6) is -0.0979. The van der Waals surface area contributed by atoms with E-state index in [1.807, 2.05) is 4.57 Å². The maximum atomic E-state index is 12.2. The first kappa shape index (κ1) is 15.1. The number of halogens is 1. The number of aryl methyl sites for hydroxylation is 1. The minimum atomic E-state index is -0.0979. The topological polar surface area (TPSA) is 60.0 Å². The van der Waals surface area contributed by atoms with E-state index in [-0.39, 0.29) is 11.9 Å². The Balaban J connectivity index is 2.76. The van der Waals surface area contributed by atoms with E-state index < -0.39 is 0 Å². The molecule has 0 saturated heterocycles. The maximum absolute atomic E-state index is 12.2. The summed E-state index contributed by atoms with van der Waals surface area (Å²) in [5.41, 5.74) is 6.25. The summed E-state index contributed by atoms with van der Waals surface area (Å²) >= 11 is 5.95. The molecule has 0 aliphatic carbocycles. The molecule has 1 unspecified atom stereocenters. The first-order valence-electron chi connectivity index (χ1n) is 6.48. The van der Waals surface area contributed by atoms with Crippen LogP contribution >= 0.6 is 11.6 Å². The Morgan fingerprint density at radius 3 is 2.78 bits per heavy atom. The standard InChI is InChI=1S/C13H22ClN3O/c1-3-5-11(8-15)16-13(18)12-7-10(14)9-17(12)6-4-2/h7,9,11H,3-6,8,15H2,1-2H3,(H,16,18). The van der Waals surface area contributed by atoms with Crippen LogP contribution in [-0.2, 0) is 6.54 Å². The van der Waals surface area contributed by atoms with Gasteiger partial charge in [-0.3, -0.25) is 4.79 Å². The average Bonchev–Trinajstić information content (AvgIpc) is 2.70. The summed E-state index contributed by atoms with van der Waals surface area (Å²) in [6, 6.07) is 1.73. The Bertz CT molecular complexity index is 390. The van der Waals surface area contributed by atoms with Gasteiger partial charge < -0.3 is 15.6 Å². The lowest BCUT2D eigenvalue weighted by atomic mass is 10.1. The van der Waals surface area contributed by atoms with Gasteiger partial charge in [0.2, 0.25) is 0 Å². The molecule has 0 fully saturated rings. The van der Waals surface area contributed by atoms with E-state index in [1.54, 1.807) is 12.3 Å². The number of amides is 1. The van der Waals surface area contributed by atoms with Gasteiger partial charge in [-0.25, -0.2) is 0 Å². The lowest BCUT2D eigenvalue weighted by Crippen LogP contribution is -2.40. The molecule has 1 aromatic heterocycles. The van der Waals surface area contributed by atoms with Crippen LogP contribution < -0.4 is 11.1 Å². The summed E-state index contributed by atoms with van der Waals surface area (Å²) in [6.45, 7) is 5.39. The number of aromatic nitrogens is 1. The third-order valence-electron chi connectivity index (χ3n) is 2.82. The van der Waals surface area contributed by atoms with Gasteiger partial charge in [0.1, 0.15) is 5.69 Å². The molecule has 102 valence electrons. The Morgan fingerprint density at radius 2 is 2.22 bits per heavy atom. The van der Waals surface area contributed by atoms with Crippen molar-refractivity contribution in [2.24, 2.45) is 5.73 Å². The largest absolute Gasteiger partial charge is 0.347 e. The number of nitrogens with two attached hydrogens (primary N) is 1. The van der Waals surface area contributed by atoms with E-state index in [0.717, 1.165) is 25.8 Å². The fourth-order valence-electron chi connectivity index (χ4n) is 1.95. The van der Waals surface area contributed by atoms with Crippen molar-refractivity contribution in [1.82, 2.24) is 9.88 Å². The molecule has 0 radical (unpaired) electrons. The van der Waals surface area contributed by atoms with Crippen molar-refractivity contribution >= 4 is 17.5 Å². The van der Waals surface area contributed by atoms with Crippen molar-refractivity contribution in [3.05, 3.63) is 23.0 Å². The smallest absolute Gasteiger partial charge is 0.268 e. The predicted octanol–water partition coefficient (Wildman–Crippen LogP) is 2.41. The third kappa shape index (κ3) is 4.03. The lowest BCUT2D eigenvalue weighted by Gasteiger charge is -2.16. The minimum absolute atomic E-state index is 0.0336. The molecule has 0 aliphatic heterocycles. The molecule has 5 heteroatoms. The molecule has 1 atom stereocenters. The van der Waals surface area contributed by atoms with E-state index in [9.17, 15) is 4.79 Å². The van der Waals surface area contributed by atoms with Crippen molar-refractivity contribution in [2.45, 2.75) is 45.7 Å². The van der Waals surface area contributed by atoms with Gasteiger partial charge in [-0.2, -0.15) is 0 Å². The molecular formula is C13H22ClN3O. The Hall–Kier alpha value is -1.00. The van der Waals surface area contributed by atoms with Crippen LogP contribution in [0.1, 0.15) is 43.6 Å². The highest BCUT2D eigenvalue weighted by atomic mass is 35.5. The van der Waals surface area contributed by atoms with Crippen LogP contribution in [0.5, 0.6) is 0 Å². The van der Waals surface area contributed by atoms with Gasteiger partial charge >= 0.3 is 0 Å². The quantitative estimate of drug-likeness (QED) is 0.800. The van der Waals surface area contributed by atoms with Crippen LogP contribution in [0.4, 0.5) is 0 Å². The highest BCUT2D eigenvalue weighted by Crippen LogP contribution is 2.15. The van der Waals surface area contributed by atoms with Crippen LogP contribution in [-0.4, -0.2) is 23.1 Å². The van der Waals surface area contributed by atoms with Gasteiger partial charge in [0.15, 0.2) is 0 Å². The molecular weight excluding hydrogens is 250 g/mol. The number of hydrogen-bond donors (Lipinski definition) is 2. The van der Waals surface area contributed by atoms with Crippen molar-refractivity contribution in [3.63, 3.8) is 0 Å². The molecule has 0 aliphatic rings. The zero-order valence-electron chi connectivity index (χ0n) is 11.1. The molecule has 0 bridgehead atoms. The lowest BCUT2D eigenvalue weighted by molar-refractivity contribution is 0.0926. The van der Waals surface area contributed by atoms with E-state index in [4.69, 9.17) is 17.3 Å². The highest BCUT2D eigenvalue weighted by Gasteiger charge is 2.16. The Kier molecular flexibility index (Phi) is 6.22. The fraction of sp³-hybridized carbons (Fsp3) is 0.615. The Labute approximate surface area is 113 Å². The summed E-state index contributed by atoms with van der Waals surface area (Å²) < 4.78 is 1.89. The van der Waals surface area contributed by atoms with Gasteiger partial charge in [0, 0.05) is 25.3 Å². The summed E-state index contributed by atoms with van der Waals surface area (Å²) in [5, 5.41) is 3.54.